The topological polar surface area (TPSA) is 26.1 Å². The van der Waals surface area contributed by atoms with Gasteiger partial charge in [-0.05, 0) is 36.4 Å². The van der Waals surface area contributed by atoms with Crippen molar-refractivity contribution in [2.24, 2.45) is 0 Å². The molecule has 3 rings (SSSR count). The van der Waals surface area contributed by atoms with E-state index in [2.05, 4.69) is 35.2 Å². The highest BCUT2D eigenvalue weighted by Gasteiger charge is 2.20. The molecule has 2 aromatic carbocycles. The molecule has 0 radical (unpaired) electrons. The summed E-state index contributed by atoms with van der Waals surface area (Å²) in [5.74, 6) is 1.85. The van der Waals surface area contributed by atoms with E-state index in [1.165, 1.54) is 11.3 Å². The van der Waals surface area contributed by atoms with Crippen molar-refractivity contribution in [1.29, 1.82) is 0 Å². The zero-order valence-corrected chi connectivity index (χ0v) is 13.9. The number of hydrogen-bond acceptors (Lipinski definition) is 3. The lowest BCUT2D eigenvalue weighted by Gasteiger charge is -2.33. The zero-order valence-electron chi connectivity index (χ0n) is 13.9. The molecule has 0 spiro atoms. The maximum atomic E-state index is 5.32. The average Bonchev–Trinajstić information content (AvgIpc) is 2.63. The van der Waals surface area contributed by atoms with Crippen molar-refractivity contribution < 1.29 is 14.4 Å². The Morgan fingerprint density at radius 3 is 2.26 bits per heavy atom. The van der Waals surface area contributed by atoms with Gasteiger partial charge in [-0.1, -0.05) is 6.07 Å². The second-order valence-corrected chi connectivity index (χ2v) is 5.96. The van der Waals surface area contributed by atoms with Gasteiger partial charge in [0.05, 0.1) is 40.4 Å². The Morgan fingerprint density at radius 2 is 1.61 bits per heavy atom. The molecular formula is C19H25N2O2+. The van der Waals surface area contributed by atoms with Gasteiger partial charge in [0.1, 0.15) is 18.0 Å². The van der Waals surface area contributed by atoms with Gasteiger partial charge in [-0.2, -0.15) is 0 Å². The van der Waals surface area contributed by atoms with Gasteiger partial charge in [0.15, 0.2) is 0 Å². The minimum atomic E-state index is 0.923. The predicted octanol–water partition coefficient (Wildman–Crippen LogP) is 1.61. The summed E-state index contributed by atoms with van der Waals surface area (Å²) < 4.78 is 10.5. The zero-order chi connectivity index (χ0) is 16.1. The van der Waals surface area contributed by atoms with Crippen LogP contribution in [0, 0.1) is 0 Å². The largest absolute Gasteiger partial charge is 0.497 e. The molecular weight excluding hydrogens is 288 g/mol. The van der Waals surface area contributed by atoms with Crippen LogP contribution in [0.5, 0.6) is 11.5 Å². The molecule has 1 aliphatic rings. The van der Waals surface area contributed by atoms with Crippen molar-refractivity contribution in [2.75, 3.05) is 45.3 Å². The van der Waals surface area contributed by atoms with Crippen LogP contribution >= 0.6 is 0 Å². The fourth-order valence-corrected chi connectivity index (χ4v) is 3.10. The van der Waals surface area contributed by atoms with Crippen molar-refractivity contribution in [1.82, 2.24) is 0 Å². The fraction of sp³-hybridized carbons (Fsp3) is 0.368. The molecule has 0 aliphatic carbocycles. The number of nitrogens with zero attached hydrogens (tertiary/aromatic N) is 1. The first-order valence-corrected chi connectivity index (χ1v) is 8.14. The normalized spacial score (nSPS) is 15.5. The van der Waals surface area contributed by atoms with E-state index in [9.17, 15) is 0 Å². The Balaban J connectivity index is 1.55. The highest BCUT2D eigenvalue weighted by atomic mass is 16.5. The first-order valence-electron chi connectivity index (χ1n) is 8.14. The highest BCUT2D eigenvalue weighted by molar-refractivity contribution is 5.50. The van der Waals surface area contributed by atoms with Crippen LogP contribution in [-0.2, 0) is 6.54 Å². The molecule has 1 saturated heterocycles. The first kappa shape index (κ1) is 15.7. The highest BCUT2D eigenvalue weighted by Crippen LogP contribution is 2.20. The lowest BCUT2D eigenvalue weighted by Crippen LogP contribution is -3.13. The number of ether oxygens (including phenoxy) is 2. The summed E-state index contributed by atoms with van der Waals surface area (Å²) in [5, 5.41) is 0. The van der Waals surface area contributed by atoms with E-state index in [1.54, 1.807) is 19.1 Å². The third kappa shape index (κ3) is 3.96. The molecule has 0 unspecified atom stereocenters. The van der Waals surface area contributed by atoms with Crippen molar-refractivity contribution in [3.05, 3.63) is 54.1 Å². The van der Waals surface area contributed by atoms with Crippen LogP contribution in [0.1, 0.15) is 5.56 Å². The maximum Gasteiger partial charge on any atom is 0.120 e. The average molecular weight is 313 g/mol. The number of methoxy groups -OCH3 is 2. The van der Waals surface area contributed by atoms with Gasteiger partial charge in [-0.25, -0.2) is 0 Å². The fourth-order valence-electron chi connectivity index (χ4n) is 3.10. The van der Waals surface area contributed by atoms with Crippen LogP contribution in [0.25, 0.3) is 0 Å². The third-order valence-electron chi connectivity index (χ3n) is 4.50. The Labute approximate surface area is 138 Å². The standard InChI is InChI=1S/C19H24N2O2/c1-22-18-8-6-16(7-9-18)15-20-10-12-21(13-11-20)17-4-3-5-19(14-17)23-2/h3-9,14H,10-13,15H2,1-2H3/p+1. The quantitative estimate of drug-likeness (QED) is 0.908. The number of quaternary nitrogens is 1. The minimum Gasteiger partial charge on any atom is -0.497 e. The molecule has 0 atom stereocenters. The molecule has 2 aromatic rings. The molecule has 0 aromatic heterocycles. The Hall–Kier alpha value is -2.20. The monoisotopic (exact) mass is 313 g/mol. The van der Waals surface area contributed by atoms with Crippen LogP contribution in [0.2, 0.25) is 0 Å². The van der Waals surface area contributed by atoms with Crippen molar-refractivity contribution in [2.45, 2.75) is 6.54 Å². The summed E-state index contributed by atoms with van der Waals surface area (Å²) in [6.07, 6.45) is 0. The molecule has 1 aliphatic heterocycles. The molecule has 23 heavy (non-hydrogen) atoms. The van der Waals surface area contributed by atoms with E-state index >= 15 is 0 Å². The molecule has 0 amide bonds. The number of nitrogens with one attached hydrogen (secondary N) is 1. The second-order valence-electron chi connectivity index (χ2n) is 5.96. The number of anilines is 1. The van der Waals surface area contributed by atoms with Crippen LogP contribution in [0.15, 0.2) is 48.5 Å². The summed E-state index contributed by atoms with van der Waals surface area (Å²) in [6, 6.07) is 16.8. The molecule has 1 heterocycles. The Kier molecular flexibility index (Phi) is 5.03. The Bertz CT molecular complexity index is 620. The van der Waals surface area contributed by atoms with Gasteiger partial charge in [-0.15, -0.1) is 0 Å². The molecule has 0 saturated carbocycles. The summed E-state index contributed by atoms with van der Waals surface area (Å²) in [5.41, 5.74) is 2.63. The lowest BCUT2D eigenvalue weighted by atomic mass is 10.2. The van der Waals surface area contributed by atoms with Gasteiger partial charge in [-0.3, -0.25) is 0 Å². The predicted molar refractivity (Wildman–Crippen MR) is 92.6 cm³/mol. The molecule has 1 fully saturated rings. The molecule has 4 nitrogen and oxygen atoms in total. The lowest BCUT2D eigenvalue weighted by molar-refractivity contribution is -0.914. The number of benzene rings is 2. The van der Waals surface area contributed by atoms with E-state index in [-0.39, 0.29) is 0 Å². The summed E-state index contributed by atoms with van der Waals surface area (Å²) in [6.45, 7) is 5.56. The summed E-state index contributed by atoms with van der Waals surface area (Å²) >= 11 is 0. The van der Waals surface area contributed by atoms with E-state index in [0.717, 1.165) is 44.2 Å². The van der Waals surface area contributed by atoms with Crippen molar-refractivity contribution in [3.63, 3.8) is 0 Å². The van der Waals surface area contributed by atoms with Crippen LogP contribution in [-0.4, -0.2) is 40.4 Å². The van der Waals surface area contributed by atoms with E-state index in [4.69, 9.17) is 9.47 Å². The number of hydrogen-bond donors (Lipinski definition) is 1. The number of piperazine rings is 1. The summed E-state index contributed by atoms with van der Waals surface area (Å²) in [7, 11) is 3.42. The maximum absolute atomic E-state index is 5.32. The van der Waals surface area contributed by atoms with E-state index in [0.29, 0.717) is 0 Å². The van der Waals surface area contributed by atoms with Crippen molar-refractivity contribution in [3.8, 4) is 11.5 Å². The van der Waals surface area contributed by atoms with Gasteiger partial charge in [0, 0.05) is 17.3 Å². The van der Waals surface area contributed by atoms with Crippen LogP contribution < -0.4 is 19.3 Å². The van der Waals surface area contributed by atoms with E-state index < -0.39 is 0 Å². The first-order chi connectivity index (χ1) is 11.3. The van der Waals surface area contributed by atoms with Crippen molar-refractivity contribution >= 4 is 5.69 Å². The third-order valence-corrected chi connectivity index (χ3v) is 4.50. The SMILES string of the molecule is COc1ccc(C[NH+]2CCN(c3cccc(OC)c3)CC2)cc1. The van der Waals surface area contributed by atoms with Gasteiger partial charge in [0.2, 0.25) is 0 Å². The Morgan fingerprint density at radius 1 is 0.913 bits per heavy atom. The minimum absolute atomic E-state index is 0.923. The molecule has 0 bridgehead atoms. The van der Waals surface area contributed by atoms with Gasteiger partial charge < -0.3 is 19.3 Å². The molecule has 4 heteroatoms. The summed E-state index contributed by atoms with van der Waals surface area (Å²) in [4.78, 5) is 4.08. The van der Waals surface area contributed by atoms with Gasteiger partial charge >= 0.3 is 0 Å². The van der Waals surface area contributed by atoms with Crippen LogP contribution in [0.3, 0.4) is 0 Å². The van der Waals surface area contributed by atoms with Crippen LogP contribution in [0.4, 0.5) is 5.69 Å². The molecule has 122 valence electrons. The van der Waals surface area contributed by atoms with E-state index in [1.807, 2.05) is 18.2 Å². The van der Waals surface area contributed by atoms with Gasteiger partial charge in [0.25, 0.3) is 0 Å². The molecule has 1 N–H and O–H groups in total. The second kappa shape index (κ2) is 7.38. The number of rotatable bonds is 5. The smallest absolute Gasteiger partial charge is 0.120 e.